The van der Waals surface area contributed by atoms with Crippen LogP contribution in [0.2, 0.25) is 0 Å². The molecule has 2 aromatic rings. The predicted molar refractivity (Wildman–Crippen MR) is 70.8 cm³/mol. The van der Waals surface area contributed by atoms with Gasteiger partial charge >= 0.3 is 5.97 Å². The summed E-state index contributed by atoms with van der Waals surface area (Å²) >= 11 is 1.19. The highest BCUT2D eigenvalue weighted by molar-refractivity contribution is 7.99. The molecule has 0 fully saturated rings. The standard InChI is InChI=1S/C12H12N4O3S/c1-19-10(18)6-20-12-14-11-13-5-7-8(16(11)15-12)3-2-4-9(7)17/h5H,2-4,6H2,1H3. The lowest BCUT2D eigenvalue weighted by Crippen LogP contribution is -2.16. The predicted octanol–water partition coefficient (Wildman–Crippen LogP) is 0.908. The number of thioether (sulfide) groups is 1. The van der Waals surface area contributed by atoms with Crippen molar-refractivity contribution in [2.24, 2.45) is 0 Å². The van der Waals surface area contributed by atoms with Crippen LogP contribution >= 0.6 is 11.8 Å². The molecule has 0 saturated carbocycles. The lowest BCUT2D eigenvalue weighted by molar-refractivity contribution is -0.137. The van der Waals surface area contributed by atoms with Crippen LogP contribution in [-0.4, -0.2) is 44.2 Å². The van der Waals surface area contributed by atoms with Crippen LogP contribution in [0, 0.1) is 0 Å². The van der Waals surface area contributed by atoms with Gasteiger partial charge in [0.1, 0.15) is 0 Å². The van der Waals surface area contributed by atoms with Crippen molar-refractivity contribution in [3.63, 3.8) is 0 Å². The number of fused-ring (bicyclic) bond motifs is 3. The normalized spacial score (nSPS) is 14.3. The Morgan fingerprint density at radius 1 is 1.50 bits per heavy atom. The van der Waals surface area contributed by atoms with E-state index in [-0.39, 0.29) is 17.5 Å². The van der Waals surface area contributed by atoms with E-state index in [1.807, 2.05) is 0 Å². The smallest absolute Gasteiger partial charge is 0.316 e. The molecule has 2 heterocycles. The number of aryl methyl sites for hydroxylation is 1. The number of aromatic nitrogens is 4. The molecule has 1 aliphatic rings. The molecule has 20 heavy (non-hydrogen) atoms. The number of esters is 1. The highest BCUT2D eigenvalue weighted by Crippen LogP contribution is 2.22. The molecule has 0 bridgehead atoms. The molecular formula is C12H12N4O3S. The zero-order chi connectivity index (χ0) is 14.1. The summed E-state index contributed by atoms with van der Waals surface area (Å²) in [6.07, 6.45) is 3.72. The van der Waals surface area contributed by atoms with Gasteiger partial charge in [-0.2, -0.15) is 9.50 Å². The molecular weight excluding hydrogens is 280 g/mol. The fourth-order valence-electron chi connectivity index (χ4n) is 2.13. The first kappa shape index (κ1) is 13.0. The van der Waals surface area contributed by atoms with E-state index < -0.39 is 0 Å². The maximum absolute atomic E-state index is 11.8. The van der Waals surface area contributed by atoms with Crippen LogP contribution in [-0.2, 0) is 16.0 Å². The highest BCUT2D eigenvalue weighted by atomic mass is 32.2. The molecule has 0 N–H and O–H groups in total. The van der Waals surface area contributed by atoms with Crippen molar-refractivity contribution in [1.82, 2.24) is 19.6 Å². The van der Waals surface area contributed by atoms with E-state index in [1.165, 1.54) is 18.9 Å². The molecule has 3 rings (SSSR count). The van der Waals surface area contributed by atoms with Crippen molar-refractivity contribution < 1.29 is 14.3 Å². The summed E-state index contributed by atoms with van der Waals surface area (Å²) in [6, 6.07) is 0. The SMILES string of the molecule is COC(=O)CSc1nc2ncc3c(n2n1)CCCC3=O. The molecule has 0 aromatic carbocycles. The van der Waals surface area contributed by atoms with Crippen molar-refractivity contribution in [2.45, 2.75) is 24.4 Å². The van der Waals surface area contributed by atoms with Crippen LogP contribution in [0.4, 0.5) is 0 Å². The van der Waals surface area contributed by atoms with E-state index in [9.17, 15) is 9.59 Å². The van der Waals surface area contributed by atoms with Gasteiger partial charge in [0.05, 0.1) is 24.1 Å². The summed E-state index contributed by atoms with van der Waals surface area (Å²) < 4.78 is 6.17. The number of rotatable bonds is 3. The van der Waals surface area contributed by atoms with Crippen LogP contribution in [0.5, 0.6) is 0 Å². The van der Waals surface area contributed by atoms with Crippen LogP contribution in [0.3, 0.4) is 0 Å². The number of carbonyl (C=O) groups is 2. The number of methoxy groups -OCH3 is 1. The molecule has 0 atom stereocenters. The second-order valence-corrected chi connectivity index (χ2v) is 5.31. The lowest BCUT2D eigenvalue weighted by Gasteiger charge is -2.13. The molecule has 0 saturated heterocycles. The van der Waals surface area contributed by atoms with Crippen molar-refractivity contribution in [3.05, 3.63) is 17.5 Å². The van der Waals surface area contributed by atoms with Gasteiger partial charge in [-0.25, -0.2) is 4.98 Å². The lowest BCUT2D eigenvalue weighted by atomic mass is 9.96. The largest absolute Gasteiger partial charge is 0.468 e. The minimum absolute atomic E-state index is 0.0971. The Morgan fingerprint density at radius 3 is 3.15 bits per heavy atom. The number of hydrogen-bond donors (Lipinski definition) is 0. The summed E-state index contributed by atoms with van der Waals surface area (Å²) in [5.74, 6) is 0.360. The number of carbonyl (C=O) groups excluding carboxylic acids is 2. The van der Waals surface area contributed by atoms with Gasteiger partial charge in [-0.3, -0.25) is 9.59 Å². The summed E-state index contributed by atoms with van der Waals surface area (Å²) in [4.78, 5) is 31.3. The topological polar surface area (TPSA) is 86.4 Å². The van der Waals surface area contributed by atoms with E-state index in [4.69, 9.17) is 0 Å². The Balaban J connectivity index is 1.95. The van der Waals surface area contributed by atoms with E-state index in [1.54, 1.807) is 10.7 Å². The number of nitrogens with zero attached hydrogens (tertiary/aromatic N) is 4. The van der Waals surface area contributed by atoms with Gasteiger partial charge in [-0.1, -0.05) is 11.8 Å². The van der Waals surface area contributed by atoms with Gasteiger partial charge < -0.3 is 4.74 Å². The van der Waals surface area contributed by atoms with E-state index in [0.717, 1.165) is 18.5 Å². The summed E-state index contributed by atoms with van der Waals surface area (Å²) in [6.45, 7) is 0. The summed E-state index contributed by atoms with van der Waals surface area (Å²) in [7, 11) is 1.34. The number of Topliss-reactive ketones (excluding diaryl/α,β-unsaturated/α-hetero) is 1. The number of hydrogen-bond acceptors (Lipinski definition) is 7. The molecule has 0 amide bonds. The quantitative estimate of drug-likeness (QED) is 0.613. The monoisotopic (exact) mass is 292 g/mol. The third kappa shape index (κ3) is 2.26. The number of ether oxygens (including phenoxy) is 1. The zero-order valence-electron chi connectivity index (χ0n) is 10.8. The first-order valence-corrected chi connectivity index (χ1v) is 7.15. The molecule has 0 unspecified atom stereocenters. The van der Waals surface area contributed by atoms with Crippen molar-refractivity contribution >= 4 is 29.3 Å². The van der Waals surface area contributed by atoms with Gasteiger partial charge in [0, 0.05) is 12.6 Å². The van der Waals surface area contributed by atoms with Gasteiger partial charge in [0.15, 0.2) is 5.78 Å². The first-order chi connectivity index (χ1) is 9.69. The Morgan fingerprint density at radius 2 is 2.35 bits per heavy atom. The maximum atomic E-state index is 11.8. The molecule has 8 heteroatoms. The first-order valence-electron chi connectivity index (χ1n) is 6.16. The second-order valence-electron chi connectivity index (χ2n) is 4.37. The van der Waals surface area contributed by atoms with E-state index in [0.29, 0.717) is 22.9 Å². The Kier molecular flexibility index (Phi) is 3.39. The highest BCUT2D eigenvalue weighted by Gasteiger charge is 2.22. The Labute approximate surface area is 118 Å². The third-order valence-corrected chi connectivity index (χ3v) is 3.92. The average molecular weight is 292 g/mol. The van der Waals surface area contributed by atoms with Crippen LogP contribution in [0.15, 0.2) is 11.4 Å². The summed E-state index contributed by atoms with van der Waals surface area (Å²) in [5.41, 5.74) is 1.47. The Bertz CT molecular complexity index is 697. The molecule has 104 valence electrons. The molecule has 7 nitrogen and oxygen atoms in total. The summed E-state index contributed by atoms with van der Waals surface area (Å²) in [5, 5.41) is 4.77. The fraction of sp³-hybridized carbons (Fsp3) is 0.417. The third-order valence-electron chi connectivity index (χ3n) is 3.11. The Hall–Kier alpha value is -1.96. The maximum Gasteiger partial charge on any atom is 0.316 e. The number of ketones is 1. The molecule has 0 aliphatic heterocycles. The van der Waals surface area contributed by atoms with Gasteiger partial charge in [-0.15, -0.1) is 5.10 Å². The van der Waals surface area contributed by atoms with Crippen molar-refractivity contribution in [2.75, 3.05) is 12.9 Å². The minimum Gasteiger partial charge on any atom is -0.468 e. The average Bonchev–Trinajstić information content (AvgIpc) is 2.88. The zero-order valence-corrected chi connectivity index (χ0v) is 11.6. The fourth-order valence-corrected chi connectivity index (χ4v) is 2.78. The second kappa shape index (κ2) is 5.20. The van der Waals surface area contributed by atoms with Crippen LogP contribution in [0.1, 0.15) is 28.9 Å². The van der Waals surface area contributed by atoms with Crippen LogP contribution in [0.25, 0.3) is 5.78 Å². The van der Waals surface area contributed by atoms with Crippen molar-refractivity contribution in [3.8, 4) is 0 Å². The van der Waals surface area contributed by atoms with Gasteiger partial charge in [-0.05, 0) is 12.8 Å². The van der Waals surface area contributed by atoms with Crippen LogP contribution < -0.4 is 0 Å². The molecule has 2 aromatic heterocycles. The van der Waals surface area contributed by atoms with E-state index >= 15 is 0 Å². The molecule has 1 aliphatic carbocycles. The minimum atomic E-state index is -0.334. The van der Waals surface area contributed by atoms with Crippen molar-refractivity contribution in [1.29, 1.82) is 0 Å². The van der Waals surface area contributed by atoms with Gasteiger partial charge in [0.25, 0.3) is 5.78 Å². The molecule has 0 spiro atoms. The molecule has 0 radical (unpaired) electrons. The van der Waals surface area contributed by atoms with Gasteiger partial charge in [0.2, 0.25) is 5.16 Å². The van der Waals surface area contributed by atoms with E-state index in [2.05, 4.69) is 19.8 Å².